The van der Waals surface area contributed by atoms with Gasteiger partial charge >= 0.3 is 0 Å². The lowest BCUT2D eigenvalue weighted by molar-refractivity contribution is 0.414. The highest BCUT2D eigenvalue weighted by Gasteiger charge is 2.15. The molecule has 0 amide bonds. The summed E-state index contributed by atoms with van der Waals surface area (Å²) in [4.78, 5) is 4.57. The molecule has 0 aliphatic rings. The summed E-state index contributed by atoms with van der Waals surface area (Å²) in [6, 6.07) is 12.6. The van der Waals surface area contributed by atoms with Crippen LogP contribution in [0.25, 0.3) is 0 Å². The van der Waals surface area contributed by atoms with Gasteiger partial charge in [0, 0.05) is 6.20 Å². The fraction of sp³-hybridized carbons (Fsp3) is 0.353. The first-order valence-corrected chi connectivity index (χ1v) is 7.02. The van der Waals surface area contributed by atoms with Crippen molar-refractivity contribution >= 4 is 0 Å². The van der Waals surface area contributed by atoms with Crippen molar-refractivity contribution in [2.75, 3.05) is 14.2 Å². The Balaban J connectivity index is 2.24. The number of benzene rings is 1. The van der Waals surface area contributed by atoms with Crippen LogP contribution in [0.4, 0.5) is 0 Å². The van der Waals surface area contributed by atoms with Gasteiger partial charge in [-0.2, -0.15) is 0 Å². The highest BCUT2D eigenvalue weighted by molar-refractivity contribution is 5.31. The van der Waals surface area contributed by atoms with E-state index in [0.29, 0.717) is 0 Å². The molecule has 3 heteroatoms. The number of pyridine rings is 1. The summed E-state index contributed by atoms with van der Waals surface area (Å²) in [6.45, 7) is 2.17. The number of likely N-dealkylation sites (N-methyl/N-ethyl adjacent to an activating group) is 1. The Morgan fingerprint density at radius 1 is 1.25 bits per heavy atom. The minimum absolute atomic E-state index is 0.221. The summed E-state index contributed by atoms with van der Waals surface area (Å²) >= 11 is 0. The van der Waals surface area contributed by atoms with E-state index in [9.17, 15) is 0 Å². The standard InChI is InChI=1S/C17H22N2O/c1-4-14-8-6-10-19-17(14)16(18-2)12-13-7-5-9-15(11-13)20-3/h5-11,16,18H,4,12H2,1-3H3. The van der Waals surface area contributed by atoms with E-state index in [4.69, 9.17) is 4.74 Å². The average molecular weight is 270 g/mol. The molecule has 0 spiro atoms. The monoisotopic (exact) mass is 270 g/mol. The SMILES string of the molecule is CCc1cccnc1C(Cc1cccc(OC)c1)NC. The number of nitrogens with one attached hydrogen (secondary N) is 1. The van der Waals surface area contributed by atoms with Crippen molar-refractivity contribution in [2.45, 2.75) is 25.8 Å². The Hall–Kier alpha value is -1.87. The molecule has 0 fully saturated rings. The van der Waals surface area contributed by atoms with Crippen molar-refractivity contribution in [2.24, 2.45) is 0 Å². The fourth-order valence-corrected chi connectivity index (χ4v) is 2.43. The lowest BCUT2D eigenvalue weighted by Gasteiger charge is -2.19. The Morgan fingerprint density at radius 3 is 2.80 bits per heavy atom. The topological polar surface area (TPSA) is 34.1 Å². The van der Waals surface area contributed by atoms with Crippen LogP contribution in [0.2, 0.25) is 0 Å². The number of aromatic nitrogens is 1. The molecule has 0 aliphatic carbocycles. The molecule has 1 N–H and O–H groups in total. The third-order valence-electron chi connectivity index (χ3n) is 3.56. The Bertz CT molecular complexity index is 554. The highest BCUT2D eigenvalue weighted by Crippen LogP contribution is 2.22. The number of ether oxygens (including phenoxy) is 1. The van der Waals surface area contributed by atoms with E-state index in [2.05, 4.69) is 35.4 Å². The maximum Gasteiger partial charge on any atom is 0.119 e. The van der Waals surface area contributed by atoms with Gasteiger partial charge in [-0.3, -0.25) is 4.98 Å². The van der Waals surface area contributed by atoms with Gasteiger partial charge in [-0.1, -0.05) is 25.1 Å². The Labute approximate surface area is 121 Å². The third-order valence-corrected chi connectivity index (χ3v) is 3.56. The lowest BCUT2D eigenvalue weighted by atomic mass is 9.98. The molecule has 2 rings (SSSR count). The summed E-state index contributed by atoms with van der Waals surface area (Å²) < 4.78 is 5.28. The molecule has 3 nitrogen and oxygen atoms in total. The molecule has 20 heavy (non-hydrogen) atoms. The zero-order valence-electron chi connectivity index (χ0n) is 12.4. The van der Waals surface area contributed by atoms with Crippen LogP contribution in [0.15, 0.2) is 42.6 Å². The molecule has 0 radical (unpaired) electrons. The van der Waals surface area contributed by atoms with Crippen molar-refractivity contribution in [3.05, 3.63) is 59.4 Å². The van der Waals surface area contributed by atoms with Crippen molar-refractivity contribution in [1.29, 1.82) is 0 Å². The van der Waals surface area contributed by atoms with E-state index < -0.39 is 0 Å². The Kier molecular flexibility index (Phi) is 5.13. The smallest absolute Gasteiger partial charge is 0.119 e. The van der Waals surface area contributed by atoms with Crippen LogP contribution in [-0.2, 0) is 12.8 Å². The molecule has 1 heterocycles. The van der Waals surface area contributed by atoms with Gasteiger partial charge in [0.15, 0.2) is 0 Å². The zero-order chi connectivity index (χ0) is 14.4. The second-order valence-electron chi connectivity index (χ2n) is 4.80. The molecule has 0 aliphatic heterocycles. The largest absolute Gasteiger partial charge is 0.497 e. The molecular weight excluding hydrogens is 248 g/mol. The third kappa shape index (κ3) is 3.36. The highest BCUT2D eigenvalue weighted by atomic mass is 16.5. The first-order valence-electron chi connectivity index (χ1n) is 7.02. The van der Waals surface area contributed by atoms with Gasteiger partial charge in [0.2, 0.25) is 0 Å². The van der Waals surface area contributed by atoms with Crippen molar-refractivity contribution in [3.8, 4) is 5.75 Å². The second-order valence-corrected chi connectivity index (χ2v) is 4.80. The van der Waals surface area contributed by atoms with E-state index in [1.807, 2.05) is 31.4 Å². The molecule has 106 valence electrons. The van der Waals surface area contributed by atoms with E-state index >= 15 is 0 Å². The van der Waals surface area contributed by atoms with E-state index in [1.165, 1.54) is 11.1 Å². The van der Waals surface area contributed by atoms with E-state index in [-0.39, 0.29) is 6.04 Å². The first-order chi connectivity index (χ1) is 9.78. The van der Waals surface area contributed by atoms with Crippen LogP contribution in [0, 0.1) is 0 Å². The minimum atomic E-state index is 0.221. The van der Waals surface area contributed by atoms with Crippen LogP contribution in [0.1, 0.15) is 29.8 Å². The molecule has 1 aromatic heterocycles. The van der Waals surface area contributed by atoms with Gasteiger partial charge in [-0.05, 0) is 49.2 Å². The summed E-state index contributed by atoms with van der Waals surface area (Å²) in [6.07, 6.45) is 3.77. The van der Waals surface area contributed by atoms with Crippen molar-refractivity contribution in [3.63, 3.8) is 0 Å². The molecule has 0 bridgehead atoms. The van der Waals surface area contributed by atoms with Crippen LogP contribution in [-0.4, -0.2) is 19.1 Å². The molecule has 2 aromatic rings. The molecule has 1 aromatic carbocycles. The van der Waals surface area contributed by atoms with Crippen molar-refractivity contribution < 1.29 is 4.74 Å². The number of hydrogen-bond acceptors (Lipinski definition) is 3. The van der Waals surface area contributed by atoms with Crippen LogP contribution in [0.3, 0.4) is 0 Å². The molecule has 1 unspecified atom stereocenters. The number of hydrogen-bond donors (Lipinski definition) is 1. The van der Waals surface area contributed by atoms with Gasteiger partial charge in [0.05, 0.1) is 18.8 Å². The van der Waals surface area contributed by atoms with Gasteiger partial charge in [-0.15, -0.1) is 0 Å². The van der Waals surface area contributed by atoms with Crippen LogP contribution in [0.5, 0.6) is 5.75 Å². The minimum Gasteiger partial charge on any atom is -0.497 e. The first kappa shape index (κ1) is 14.5. The summed E-state index contributed by atoms with van der Waals surface area (Å²) in [5, 5.41) is 3.38. The lowest BCUT2D eigenvalue weighted by Crippen LogP contribution is -2.21. The van der Waals surface area contributed by atoms with E-state index in [1.54, 1.807) is 7.11 Å². The summed E-state index contributed by atoms with van der Waals surface area (Å²) in [5.41, 5.74) is 3.69. The zero-order valence-corrected chi connectivity index (χ0v) is 12.4. The number of nitrogens with zero attached hydrogens (tertiary/aromatic N) is 1. The Morgan fingerprint density at radius 2 is 2.10 bits per heavy atom. The number of rotatable bonds is 6. The number of methoxy groups -OCH3 is 1. The number of aryl methyl sites for hydroxylation is 1. The van der Waals surface area contributed by atoms with Gasteiger partial charge in [0.1, 0.15) is 5.75 Å². The molecular formula is C17H22N2O. The maximum absolute atomic E-state index is 5.28. The maximum atomic E-state index is 5.28. The molecule has 1 atom stereocenters. The quantitative estimate of drug-likeness (QED) is 0.875. The van der Waals surface area contributed by atoms with Gasteiger partial charge in [-0.25, -0.2) is 0 Å². The average Bonchev–Trinajstić information content (AvgIpc) is 2.52. The van der Waals surface area contributed by atoms with Crippen LogP contribution < -0.4 is 10.1 Å². The molecule has 0 saturated heterocycles. The summed E-state index contributed by atoms with van der Waals surface area (Å²) in [7, 11) is 3.68. The second kappa shape index (κ2) is 7.06. The van der Waals surface area contributed by atoms with Gasteiger partial charge in [0.25, 0.3) is 0 Å². The predicted octanol–water partition coefficient (Wildman–Crippen LogP) is 3.16. The normalized spacial score (nSPS) is 12.2. The van der Waals surface area contributed by atoms with E-state index in [0.717, 1.165) is 24.3 Å². The summed E-state index contributed by atoms with van der Waals surface area (Å²) in [5.74, 6) is 0.897. The van der Waals surface area contributed by atoms with Gasteiger partial charge < -0.3 is 10.1 Å². The van der Waals surface area contributed by atoms with Crippen LogP contribution >= 0.6 is 0 Å². The fourth-order valence-electron chi connectivity index (χ4n) is 2.43. The predicted molar refractivity (Wildman–Crippen MR) is 82.1 cm³/mol. The van der Waals surface area contributed by atoms with Crippen molar-refractivity contribution in [1.82, 2.24) is 10.3 Å². The molecule has 0 saturated carbocycles.